The number of aromatic amines is 1. The molecule has 1 aromatic heterocycles. The van der Waals surface area contributed by atoms with Crippen LogP contribution in [-0.2, 0) is 22.6 Å². The van der Waals surface area contributed by atoms with E-state index in [4.69, 9.17) is 12.2 Å². The van der Waals surface area contributed by atoms with E-state index >= 15 is 0 Å². The predicted molar refractivity (Wildman–Crippen MR) is 131 cm³/mol. The number of nitrogens with one attached hydrogen (secondary N) is 2. The number of hydrogen-bond acceptors (Lipinski definition) is 4. The molecule has 7 nitrogen and oxygen atoms in total. The van der Waals surface area contributed by atoms with Crippen LogP contribution in [0.2, 0.25) is 0 Å². The number of aryl methyl sites for hydroxylation is 1. The molecule has 2 amide bonds. The summed E-state index contributed by atoms with van der Waals surface area (Å²) in [5.74, 6) is 0.0480. The molecule has 0 spiro atoms. The second-order valence-corrected chi connectivity index (χ2v) is 8.78. The zero-order valence-corrected chi connectivity index (χ0v) is 19.3. The number of amides is 2. The molecule has 1 aliphatic rings. The van der Waals surface area contributed by atoms with Crippen molar-refractivity contribution in [1.82, 2.24) is 19.8 Å². The molecule has 8 heteroatoms. The average Bonchev–Trinajstić information content (AvgIpc) is 2.83. The van der Waals surface area contributed by atoms with Crippen molar-refractivity contribution >= 4 is 34.9 Å². The summed E-state index contributed by atoms with van der Waals surface area (Å²) in [6.07, 6.45) is 2.87. The zero-order valence-electron chi connectivity index (χ0n) is 18.5. The molecule has 0 bridgehead atoms. The molecule has 2 heterocycles. The summed E-state index contributed by atoms with van der Waals surface area (Å²) in [5, 5.41) is 3.66. The third-order valence-electron chi connectivity index (χ3n) is 6.13. The zero-order chi connectivity index (χ0) is 23.2. The van der Waals surface area contributed by atoms with Gasteiger partial charge in [-0.05, 0) is 49.2 Å². The Morgan fingerprint density at radius 2 is 1.70 bits per heavy atom. The Kier molecular flexibility index (Phi) is 7.34. The molecule has 1 aliphatic heterocycles. The van der Waals surface area contributed by atoms with Crippen LogP contribution in [0.3, 0.4) is 0 Å². The van der Waals surface area contributed by atoms with E-state index in [1.807, 2.05) is 47.4 Å². The minimum atomic E-state index is -0.181. The van der Waals surface area contributed by atoms with E-state index in [1.165, 1.54) is 4.57 Å². The molecule has 3 aromatic rings. The normalized spacial score (nSPS) is 14.4. The lowest BCUT2D eigenvalue weighted by atomic mass is 10.0. The smallest absolute Gasteiger partial charge is 0.262 e. The SMILES string of the molecule is O=C(CCc1ccccc1)NC1CCN(C(=O)CCn2c(=S)[nH]c3ccccc3c2=O)CC1. The number of H-pyrrole nitrogens is 1. The number of piperidine rings is 1. The molecule has 0 radical (unpaired) electrons. The van der Waals surface area contributed by atoms with Crippen LogP contribution in [0, 0.1) is 4.77 Å². The van der Waals surface area contributed by atoms with Crippen molar-refractivity contribution in [1.29, 1.82) is 0 Å². The lowest BCUT2D eigenvalue weighted by Gasteiger charge is -2.32. The van der Waals surface area contributed by atoms with Crippen molar-refractivity contribution in [3.8, 4) is 0 Å². The van der Waals surface area contributed by atoms with Gasteiger partial charge in [0.05, 0.1) is 10.9 Å². The number of hydrogen-bond donors (Lipinski definition) is 2. The second-order valence-electron chi connectivity index (χ2n) is 8.39. The van der Waals surface area contributed by atoms with Crippen LogP contribution in [0.5, 0.6) is 0 Å². The number of rotatable bonds is 7. The van der Waals surface area contributed by atoms with Crippen molar-refractivity contribution in [2.24, 2.45) is 0 Å². The number of aromatic nitrogens is 2. The van der Waals surface area contributed by atoms with Crippen LogP contribution >= 0.6 is 12.2 Å². The Morgan fingerprint density at radius 3 is 2.45 bits per heavy atom. The Morgan fingerprint density at radius 1 is 1.00 bits per heavy atom. The summed E-state index contributed by atoms with van der Waals surface area (Å²) in [7, 11) is 0. The van der Waals surface area contributed by atoms with Gasteiger partial charge in [-0.25, -0.2) is 0 Å². The lowest BCUT2D eigenvalue weighted by Crippen LogP contribution is -2.46. The highest BCUT2D eigenvalue weighted by Gasteiger charge is 2.23. The summed E-state index contributed by atoms with van der Waals surface area (Å²) in [6.45, 7) is 1.44. The quantitative estimate of drug-likeness (QED) is 0.526. The Bertz CT molecular complexity index is 1240. The van der Waals surface area contributed by atoms with Gasteiger partial charge in [0.1, 0.15) is 0 Å². The first-order chi connectivity index (χ1) is 16.0. The first kappa shape index (κ1) is 22.9. The lowest BCUT2D eigenvalue weighted by molar-refractivity contribution is -0.132. The minimum Gasteiger partial charge on any atom is -0.353 e. The molecule has 4 rings (SSSR count). The first-order valence-corrected chi connectivity index (χ1v) is 11.7. The van der Waals surface area contributed by atoms with Crippen molar-refractivity contribution in [2.45, 2.75) is 44.7 Å². The number of carbonyl (C=O) groups excluding carboxylic acids is 2. The third kappa shape index (κ3) is 5.76. The van der Waals surface area contributed by atoms with Gasteiger partial charge in [-0.3, -0.25) is 19.0 Å². The maximum Gasteiger partial charge on any atom is 0.262 e. The molecule has 172 valence electrons. The van der Waals surface area contributed by atoms with Crippen molar-refractivity contribution in [3.63, 3.8) is 0 Å². The van der Waals surface area contributed by atoms with Crippen molar-refractivity contribution in [3.05, 3.63) is 75.3 Å². The standard InChI is InChI=1S/C25H28N4O3S/c30-22(11-10-18-6-2-1-3-7-18)26-19-12-15-28(16-13-19)23(31)14-17-29-24(32)20-8-4-5-9-21(20)27-25(29)33/h1-9,19H,10-17H2,(H,26,30)(H,27,33). The van der Waals surface area contributed by atoms with Crippen LogP contribution < -0.4 is 10.9 Å². The van der Waals surface area contributed by atoms with Gasteiger partial charge in [-0.15, -0.1) is 0 Å². The molecule has 2 aromatic carbocycles. The van der Waals surface area contributed by atoms with Gasteiger partial charge in [-0.1, -0.05) is 42.5 Å². The summed E-state index contributed by atoms with van der Waals surface area (Å²) in [6, 6.07) is 17.3. The van der Waals surface area contributed by atoms with Gasteiger partial charge in [0.25, 0.3) is 5.56 Å². The molecule has 33 heavy (non-hydrogen) atoms. The maximum atomic E-state index is 12.7. The van der Waals surface area contributed by atoms with Gasteiger partial charge >= 0.3 is 0 Å². The van der Waals surface area contributed by atoms with E-state index in [0.717, 1.165) is 24.8 Å². The van der Waals surface area contributed by atoms with E-state index in [-0.39, 0.29) is 36.4 Å². The van der Waals surface area contributed by atoms with Gasteiger partial charge in [0.15, 0.2) is 4.77 Å². The van der Waals surface area contributed by atoms with Crippen LogP contribution in [0.15, 0.2) is 59.4 Å². The molecular formula is C25H28N4O3S. The van der Waals surface area contributed by atoms with Crippen molar-refractivity contribution in [2.75, 3.05) is 13.1 Å². The van der Waals surface area contributed by atoms with E-state index in [2.05, 4.69) is 10.3 Å². The monoisotopic (exact) mass is 464 g/mol. The number of fused-ring (bicyclic) bond motifs is 1. The Balaban J connectivity index is 1.24. The molecule has 2 N–H and O–H groups in total. The molecular weight excluding hydrogens is 436 g/mol. The third-order valence-corrected chi connectivity index (χ3v) is 6.46. The molecule has 1 saturated heterocycles. The van der Waals surface area contributed by atoms with Crippen LogP contribution in [0.4, 0.5) is 0 Å². The fourth-order valence-electron chi connectivity index (χ4n) is 4.24. The second kappa shape index (κ2) is 10.6. The van der Waals surface area contributed by atoms with E-state index in [9.17, 15) is 14.4 Å². The Hall–Kier alpha value is -3.26. The average molecular weight is 465 g/mol. The largest absolute Gasteiger partial charge is 0.353 e. The maximum absolute atomic E-state index is 12.7. The van der Waals surface area contributed by atoms with E-state index < -0.39 is 0 Å². The minimum absolute atomic E-state index is 0.00156. The summed E-state index contributed by atoms with van der Waals surface area (Å²) >= 11 is 5.33. The molecule has 0 aliphatic carbocycles. The fourth-order valence-corrected chi connectivity index (χ4v) is 4.53. The van der Waals surface area contributed by atoms with E-state index in [1.54, 1.807) is 12.1 Å². The highest BCUT2D eigenvalue weighted by Crippen LogP contribution is 2.13. The van der Waals surface area contributed by atoms with Gasteiger partial charge in [0.2, 0.25) is 11.8 Å². The van der Waals surface area contributed by atoms with Crippen LogP contribution in [-0.4, -0.2) is 45.4 Å². The number of nitrogens with zero attached hydrogens (tertiary/aromatic N) is 2. The number of carbonyl (C=O) groups is 2. The molecule has 1 fully saturated rings. The highest BCUT2D eigenvalue weighted by atomic mass is 32.1. The van der Waals surface area contributed by atoms with Gasteiger partial charge in [-0.2, -0.15) is 0 Å². The summed E-state index contributed by atoms with van der Waals surface area (Å²) < 4.78 is 1.78. The van der Waals surface area contributed by atoms with Gasteiger partial charge in [0, 0.05) is 38.5 Å². The topological polar surface area (TPSA) is 87.2 Å². The molecule has 0 atom stereocenters. The van der Waals surface area contributed by atoms with Gasteiger partial charge < -0.3 is 15.2 Å². The number of para-hydroxylation sites is 1. The fraction of sp³-hybridized carbons (Fsp3) is 0.360. The predicted octanol–water partition coefficient (Wildman–Crippen LogP) is 3.19. The number of likely N-dealkylation sites (tertiary alicyclic amines) is 1. The molecule has 0 unspecified atom stereocenters. The highest BCUT2D eigenvalue weighted by molar-refractivity contribution is 7.71. The Labute approximate surface area is 197 Å². The van der Waals surface area contributed by atoms with Crippen LogP contribution in [0.1, 0.15) is 31.2 Å². The molecule has 0 saturated carbocycles. The number of benzene rings is 2. The van der Waals surface area contributed by atoms with E-state index in [0.29, 0.717) is 35.2 Å². The van der Waals surface area contributed by atoms with Crippen LogP contribution in [0.25, 0.3) is 10.9 Å². The van der Waals surface area contributed by atoms with Crippen molar-refractivity contribution < 1.29 is 9.59 Å². The summed E-state index contributed by atoms with van der Waals surface area (Å²) in [5.41, 5.74) is 1.67. The first-order valence-electron chi connectivity index (χ1n) is 11.3. The summed E-state index contributed by atoms with van der Waals surface area (Å²) in [4.78, 5) is 42.6.